The van der Waals surface area contributed by atoms with Crippen molar-refractivity contribution in [2.24, 2.45) is 0 Å². The van der Waals surface area contributed by atoms with Gasteiger partial charge < -0.3 is 10.1 Å². The smallest absolute Gasteiger partial charge is 0.213 e. The molecule has 1 aromatic heterocycles. The summed E-state index contributed by atoms with van der Waals surface area (Å²) in [5.41, 5.74) is 4.11. The lowest BCUT2D eigenvalue weighted by Gasteiger charge is -2.45. The topological polar surface area (TPSA) is 83.0 Å². The number of hydrogen-bond acceptors (Lipinski definition) is 6. The van der Waals surface area contributed by atoms with Crippen LogP contribution in [0.15, 0.2) is 36.4 Å². The number of nitrogens with one attached hydrogen (secondary N) is 1. The molecule has 130 valence electrons. The lowest BCUT2D eigenvalue weighted by molar-refractivity contribution is -0.107. The van der Waals surface area contributed by atoms with Crippen molar-refractivity contribution < 1.29 is 14.7 Å². The van der Waals surface area contributed by atoms with Gasteiger partial charge in [-0.2, -0.15) is 0 Å². The van der Waals surface area contributed by atoms with Crippen molar-refractivity contribution in [3.05, 3.63) is 47.8 Å². The highest BCUT2D eigenvalue weighted by Gasteiger charge is 2.62. The monoisotopic (exact) mass is 382 g/mol. The molecule has 0 radical (unpaired) electrons. The van der Waals surface area contributed by atoms with Gasteiger partial charge in [0, 0.05) is 16.7 Å². The van der Waals surface area contributed by atoms with Gasteiger partial charge >= 0.3 is 0 Å². The summed E-state index contributed by atoms with van der Waals surface area (Å²) in [5.74, 6) is 0.836. The average Bonchev–Trinajstić information content (AvgIpc) is 3.22. The number of nitrogens with zero attached hydrogens (tertiary/aromatic N) is 1. The van der Waals surface area contributed by atoms with Crippen molar-refractivity contribution in [1.29, 1.82) is 0 Å². The van der Waals surface area contributed by atoms with Crippen LogP contribution in [0.4, 0.5) is 0 Å². The number of rotatable bonds is 1. The number of benzene rings is 1. The van der Waals surface area contributed by atoms with Crippen LogP contribution in [0.1, 0.15) is 25.2 Å². The third kappa shape index (κ3) is 1.87. The molecule has 0 amide bonds. The predicted octanol–water partition coefficient (Wildman–Crippen LogP) is 3.63. The van der Waals surface area contributed by atoms with Gasteiger partial charge in [-0.25, -0.2) is 4.98 Å². The van der Waals surface area contributed by atoms with Crippen LogP contribution < -0.4 is 0 Å². The fourth-order valence-corrected chi connectivity index (χ4v) is 6.47. The second-order valence-corrected chi connectivity index (χ2v) is 9.73. The van der Waals surface area contributed by atoms with E-state index in [9.17, 15) is 14.7 Å². The van der Waals surface area contributed by atoms with E-state index in [0.29, 0.717) is 5.82 Å². The summed E-state index contributed by atoms with van der Waals surface area (Å²) in [5, 5.41) is 9.50. The highest BCUT2D eigenvalue weighted by molar-refractivity contribution is 8.20. The summed E-state index contributed by atoms with van der Waals surface area (Å²) < 4.78 is -1.07. The number of hydrogen-bond donors (Lipinski definition) is 2. The minimum atomic E-state index is -0.541. The van der Waals surface area contributed by atoms with Crippen molar-refractivity contribution in [2.45, 2.75) is 23.3 Å². The van der Waals surface area contributed by atoms with Crippen LogP contribution >= 0.6 is 23.5 Å². The lowest BCUT2D eigenvalue weighted by Crippen LogP contribution is -2.47. The van der Waals surface area contributed by atoms with E-state index in [4.69, 9.17) is 4.98 Å². The molecule has 2 aromatic rings. The first-order valence-corrected chi connectivity index (χ1v) is 9.75. The molecule has 0 fully saturated rings. The fourth-order valence-electron chi connectivity index (χ4n) is 3.92. The highest BCUT2D eigenvalue weighted by atomic mass is 32.2. The Morgan fingerprint density at radius 2 is 1.54 bits per heavy atom. The molecule has 2 aliphatic heterocycles. The average molecular weight is 382 g/mol. The Balaban J connectivity index is 1.77. The number of H-pyrrole nitrogens is 1. The molecule has 0 spiro atoms. The maximum atomic E-state index is 12.3. The third-order valence-electron chi connectivity index (χ3n) is 5.44. The van der Waals surface area contributed by atoms with Gasteiger partial charge in [-0.1, -0.05) is 23.5 Å². The predicted molar refractivity (Wildman–Crippen MR) is 104 cm³/mol. The van der Waals surface area contributed by atoms with Crippen LogP contribution in [0.3, 0.4) is 0 Å². The summed E-state index contributed by atoms with van der Waals surface area (Å²) in [6.07, 6.45) is 3.31. The van der Waals surface area contributed by atoms with E-state index in [-0.39, 0.29) is 16.0 Å². The van der Waals surface area contributed by atoms with Crippen LogP contribution in [-0.4, -0.2) is 34.8 Å². The zero-order chi connectivity index (χ0) is 18.3. The number of thioether (sulfide) groups is 2. The molecule has 26 heavy (non-hydrogen) atoms. The van der Waals surface area contributed by atoms with Crippen molar-refractivity contribution in [1.82, 2.24) is 9.97 Å². The Kier molecular flexibility index (Phi) is 3.02. The molecule has 2 atom stereocenters. The quantitative estimate of drug-likeness (QED) is 0.784. The van der Waals surface area contributed by atoms with Gasteiger partial charge in [-0.3, -0.25) is 9.59 Å². The number of phenolic OH excluding ortho intramolecular Hbond substituents is 1. The van der Waals surface area contributed by atoms with Gasteiger partial charge in [0.1, 0.15) is 11.6 Å². The summed E-state index contributed by atoms with van der Waals surface area (Å²) >= 11 is 2.54. The number of aromatic amines is 1. The number of phenols is 1. The summed E-state index contributed by atoms with van der Waals surface area (Å²) in [6, 6.07) is 6.77. The van der Waals surface area contributed by atoms with Crippen LogP contribution in [0.2, 0.25) is 0 Å². The van der Waals surface area contributed by atoms with Gasteiger partial charge in [0.15, 0.2) is 0 Å². The number of imidazole rings is 1. The lowest BCUT2D eigenvalue weighted by atomic mass is 9.73. The first-order valence-electron chi connectivity index (χ1n) is 8.12. The van der Waals surface area contributed by atoms with Crippen LogP contribution in [0.25, 0.3) is 22.5 Å². The fraction of sp³-hybridized carbons (Fsp3) is 0.211. The molecule has 0 bridgehead atoms. The molecule has 5 nitrogen and oxygen atoms in total. The second-order valence-electron chi connectivity index (χ2n) is 6.88. The molecule has 5 rings (SSSR count). The highest BCUT2D eigenvalue weighted by Crippen LogP contribution is 2.66. The number of aromatic hydroxyl groups is 1. The van der Waals surface area contributed by atoms with E-state index >= 15 is 0 Å². The van der Waals surface area contributed by atoms with Crippen molar-refractivity contribution in [3.63, 3.8) is 0 Å². The molecule has 3 heterocycles. The second kappa shape index (κ2) is 4.92. The molecule has 3 aliphatic rings. The molecule has 0 saturated carbocycles. The molecule has 7 heteroatoms. The van der Waals surface area contributed by atoms with Gasteiger partial charge in [-0.05, 0) is 50.3 Å². The molecular weight excluding hydrogens is 368 g/mol. The van der Waals surface area contributed by atoms with E-state index in [1.54, 1.807) is 36.4 Å². The van der Waals surface area contributed by atoms with Gasteiger partial charge in [0.05, 0.1) is 20.9 Å². The first kappa shape index (κ1) is 16.0. The summed E-state index contributed by atoms with van der Waals surface area (Å²) in [6.45, 7) is 4.05. The Morgan fingerprint density at radius 1 is 0.962 bits per heavy atom. The Bertz CT molecular complexity index is 1010. The van der Waals surface area contributed by atoms with Crippen LogP contribution in [0.5, 0.6) is 5.75 Å². The molecule has 0 saturated heterocycles. The summed E-state index contributed by atoms with van der Waals surface area (Å²) in [4.78, 5) is 32.6. The SMILES string of the molecule is CC12SC(=O)C=C1c1nc(-c3ccc(O)cc3)[nH]c1C1=CC(=O)SC12C. The minimum Gasteiger partial charge on any atom is -0.508 e. The molecule has 1 aromatic carbocycles. The number of fused-ring (bicyclic) bond motifs is 6. The normalized spacial score (nSPS) is 29.2. The Morgan fingerprint density at radius 3 is 2.19 bits per heavy atom. The Hall–Kier alpha value is -2.25. The van der Waals surface area contributed by atoms with E-state index in [1.807, 2.05) is 13.8 Å². The largest absolute Gasteiger partial charge is 0.508 e. The Labute approximate surface area is 158 Å². The maximum Gasteiger partial charge on any atom is 0.213 e. The number of carbonyl (C=O) groups excluding carboxylic acids is 2. The van der Waals surface area contributed by atoms with E-state index < -0.39 is 9.49 Å². The molecular formula is C19H14N2O3S2. The zero-order valence-electron chi connectivity index (χ0n) is 14.0. The van der Waals surface area contributed by atoms with Gasteiger partial charge in [0.2, 0.25) is 10.2 Å². The summed E-state index contributed by atoms with van der Waals surface area (Å²) in [7, 11) is 0. The van der Waals surface area contributed by atoms with Crippen molar-refractivity contribution in [3.8, 4) is 17.1 Å². The van der Waals surface area contributed by atoms with Crippen LogP contribution in [-0.2, 0) is 9.59 Å². The van der Waals surface area contributed by atoms with Gasteiger partial charge in [-0.15, -0.1) is 0 Å². The third-order valence-corrected chi connectivity index (χ3v) is 8.28. The zero-order valence-corrected chi connectivity index (χ0v) is 15.6. The van der Waals surface area contributed by atoms with Crippen molar-refractivity contribution >= 4 is 44.9 Å². The van der Waals surface area contributed by atoms with E-state index in [1.165, 1.54) is 23.5 Å². The maximum absolute atomic E-state index is 12.3. The standard InChI is InChI=1S/C19H14N2O3S2/c1-18-11(7-13(23)25-18)15-16(12-8-14(24)26-19(12,18)2)21-17(20-15)9-3-5-10(22)6-4-9/h3-8,22H,1-2H3,(H,20,21). The van der Waals surface area contributed by atoms with Crippen LogP contribution in [0, 0.1) is 0 Å². The van der Waals surface area contributed by atoms with E-state index in [0.717, 1.165) is 28.1 Å². The first-order chi connectivity index (χ1) is 12.3. The number of carbonyl (C=O) groups is 2. The minimum absolute atomic E-state index is 0.00309. The molecule has 2 unspecified atom stereocenters. The van der Waals surface area contributed by atoms with E-state index in [2.05, 4.69) is 4.98 Å². The number of aromatic nitrogens is 2. The van der Waals surface area contributed by atoms with Crippen molar-refractivity contribution in [2.75, 3.05) is 0 Å². The molecule has 1 aliphatic carbocycles. The molecule has 2 N–H and O–H groups in total. The van der Waals surface area contributed by atoms with Gasteiger partial charge in [0.25, 0.3) is 0 Å².